The molecule has 27 heavy (non-hydrogen) atoms. The fourth-order valence-electron chi connectivity index (χ4n) is 3.40. The number of nitrogens with two attached hydrogens (primary N) is 1. The molecule has 0 unspecified atom stereocenters. The van der Waals surface area contributed by atoms with Gasteiger partial charge in [0.2, 0.25) is 0 Å². The van der Waals surface area contributed by atoms with Crippen LogP contribution in [0.1, 0.15) is 30.4 Å². The average Bonchev–Trinajstić information content (AvgIpc) is 2.57. The summed E-state index contributed by atoms with van der Waals surface area (Å²) < 4.78 is 27.2. The third-order valence-electron chi connectivity index (χ3n) is 5.06. The summed E-state index contributed by atoms with van der Waals surface area (Å²) in [5.74, 6) is -1.32. The quantitative estimate of drug-likeness (QED) is 0.373. The number of aromatic amines is 2. The van der Waals surface area contributed by atoms with Crippen LogP contribution in [0, 0.1) is 11.6 Å². The molecule has 1 saturated carbocycles. The van der Waals surface area contributed by atoms with Gasteiger partial charge in [-0.05, 0) is 42.7 Å². The zero-order valence-corrected chi connectivity index (χ0v) is 14.3. The lowest BCUT2D eigenvalue weighted by atomic mass is 9.65. The molecule has 2 aromatic carbocycles. The zero-order valence-electron chi connectivity index (χ0n) is 14.3. The Kier molecular flexibility index (Phi) is 4.10. The minimum Gasteiger partial charge on any atom is -0.390 e. The number of amidine groups is 1. The Morgan fingerprint density at radius 3 is 2.56 bits per heavy atom. The van der Waals surface area contributed by atoms with Gasteiger partial charge in [0, 0.05) is 11.6 Å². The normalized spacial score (nSPS) is 16.7. The van der Waals surface area contributed by atoms with Crippen molar-refractivity contribution in [3.05, 3.63) is 53.1 Å². The van der Waals surface area contributed by atoms with Gasteiger partial charge in [0.05, 0.1) is 22.8 Å². The molecule has 4 rings (SSSR count). The van der Waals surface area contributed by atoms with Crippen LogP contribution in [0.15, 0.2) is 40.3 Å². The van der Waals surface area contributed by atoms with Crippen molar-refractivity contribution in [3.63, 3.8) is 0 Å². The van der Waals surface area contributed by atoms with Crippen molar-refractivity contribution >= 4 is 35.2 Å². The van der Waals surface area contributed by atoms with E-state index in [1.807, 2.05) is 6.07 Å². The number of aldehydes is 1. The summed E-state index contributed by atoms with van der Waals surface area (Å²) in [6, 6.07) is 6.73. The number of benzene rings is 2. The standard InChI is InChI=1S/C19H17F2N5O/c20-12-2-3-15(14(21)8-12)24-18(23-10-22)11-6-13(17-16(7-11)25-26-17)19(9-27)4-1-5-19/h2-3,6-10,25-26H,1,4-5H2,(H2,22,23,24). The highest BCUT2D eigenvalue weighted by Gasteiger charge is 2.40. The third-order valence-corrected chi connectivity index (χ3v) is 5.06. The molecular formula is C19H17F2N5O. The van der Waals surface area contributed by atoms with Gasteiger partial charge >= 0.3 is 0 Å². The van der Waals surface area contributed by atoms with E-state index in [1.54, 1.807) is 6.07 Å². The predicted octanol–water partition coefficient (Wildman–Crippen LogP) is 3.46. The van der Waals surface area contributed by atoms with Crippen molar-refractivity contribution in [1.29, 1.82) is 0 Å². The van der Waals surface area contributed by atoms with Crippen LogP contribution < -0.4 is 5.73 Å². The number of hydrogen-bond acceptors (Lipinski definition) is 2. The van der Waals surface area contributed by atoms with Crippen molar-refractivity contribution in [2.24, 2.45) is 15.7 Å². The largest absolute Gasteiger partial charge is 0.390 e. The van der Waals surface area contributed by atoms with E-state index in [2.05, 4.69) is 20.2 Å². The summed E-state index contributed by atoms with van der Waals surface area (Å²) in [4.78, 5) is 20.0. The summed E-state index contributed by atoms with van der Waals surface area (Å²) in [6.45, 7) is 0. The van der Waals surface area contributed by atoms with Crippen molar-refractivity contribution in [3.8, 4) is 0 Å². The number of fused-ring (bicyclic) bond motifs is 1. The van der Waals surface area contributed by atoms with Gasteiger partial charge in [0.1, 0.15) is 17.8 Å². The Balaban J connectivity index is 1.86. The first-order chi connectivity index (χ1) is 13.1. The number of nitrogens with one attached hydrogen (secondary N) is 2. The summed E-state index contributed by atoms with van der Waals surface area (Å²) in [5.41, 5.74) is 7.96. The first kappa shape index (κ1) is 17.1. The number of halogens is 2. The topological polar surface area (TPSA) is 99.4 Å². The molecule has 1 aromatic heterocycles. The van der Waals surface area contributed by atoms with E-state index in [0.717, 1.165) is 60.6 Å². The monoisotopic (exact) mass is 369 g/mol. The van der Waals surface area contributed by atoms with Gasteiger partial charge in [-0.3, -0.25) is 10.2 Å². The Labute approximate surface area is 153 Å². The molecule has 1 heterocycles. The van der Waals surface area contributed by atoms with Crippen LogP contribution in [0.2, 0.25) is 0 Å². The number of carbonyl (C=O) groups is 1. The maximum absolute atomic E-state index is 14.0. The average molecular weight is 369 g/mol. The minimum absolute atomic E-state index is 0.0546. The molecule has 1 aliphatic carbocycles. The van der Waals surface area contributed by atoms with E-state index in [9.17, 15) is 13.6 Å². The van der Waals surface area contributed by atoms with Gasteiger partial charge < -0.3 is 10.5 Å². The Morgan fingerprint density at radius 1 is 1.19 bits per heavy atom. The van der Waals surface area contributed by atoms with E-state index in [4.69, 9.17) is 5.73 Å². The maximum Gasteiger partial charge on any atom is 0.161 e. The summed E-state index contributed by atoms with van der Waals surface area (Å²) >= 11 is 0. The molecule has 0 atom stereocenters. The molecule has 0 aliphatic heterocycles. The van der Waals surface area contributed by atoms with Gasteiger partial charge in [-0.15, -0.1) is 0 Å². The molecule has 4 N–H and O–H groups in total. The van der Waals surface area contributed by atoms with Crippen LogP contribution in [0.25, 0.3) is 11.0 Å². The van der Waals surface area contributed by atoms with Crippen molar-refractivity contribution < 1.29 is 13.6 Å². The predicted molar refractivity (Wildman–Crippen MR) is 99.5 cm³/mol. The van der Waals surface area contributed by atoms with Gasteiger partial charge in [-0.1, -0.05) is 6.42 Å². The Bertz CT molecular complexity index is 1080. The number of aromatic nitrogens is 2. The summed E-state index contributed by atoms with van der Waals surface area (Å²) in [7, 11) is 0. The lowest BCUT2D eigenvalue weighted by Crippen LogP contribution is -2.36. The molecule has 6 nitrogen and oxygen atoms in total. The molecule has 0 radical (unpaired) electrons. The van der Waals surface area contributed by atoms with Crippen LogP contribution in [-0.2, 0) is 10.2 Å². The first-order valence-corrected chi connectivity index (χ1v) is 8.51. The highest BCUT2D eigenvalue weighted by Crippen LogP contribution is 2.44. The Hall–Kier alpha value is -3.29. The van der Waals surface area contributed by atoms with E-state index in [0.29, 0.717) is 5.56 Å². The van der Waals surface area contributed by atoms with Crippen molar-refractivity contribution in [1.82, 2.24) is 10.2 Å². The second kappa shape index (κ2) is 6.46. The number of rotatable bonds is 4. The number of carbonyl (C=O) groups excluding carboxylic acids is 1. The number of hydrogen-bond donors (Lipinski definition) is 3. The van der Waals surface area contributed by atoms with Gasteiger partial charge in [0.25, 0.3) is 0 Å². The minimum atomic E-state index is -0.799. The second-order valence-corrected chi connectivity index (χ2v) is 6.63. The molecule has 0 spiro atoms. The van der Waals surface area contributed by atoms with E-state index < -0.39 is 17.0 Å². The van der Waals surface area contributed by atoms with Crippen LogP contribution in [0.3, 0.4) is 0 Å². The molecule has 138 valence electrons. The molecule has 8 heteroatoms. The molecule has 1 fully saturated rings. The van der Waals surface area contributed by atoms with Crippen molar-refractivity contribution in [2.75, 3.05) is 0 Å². The Morgan fingerprint density at radius 2 is 2.00 bits per heavy atom. The van der Waals surface area contributed by atoms with Crippen LogP contribution in [0.4, 0.5) is 14.5 Å². The lowest BCUT2D eigenvalue weighted by Gasteiger charge is -2.38. The highest BCUT2D eigenvalue weighted by atomic mass is 19.1. The molecule has 0 saturated heterocycles. The molecule has 0 bridgehead atoms. The van der Waals surface area contributed by atoms with Crippen LogP contribution >= 0.6 is 0 Å². The molecule has 0 amide bonds. The molecular weight excluding hydrogens is 352 g/mol. The van der Waals surface area contributed by atoms with Crippen LogP contribution in [-0.4, -0.2) is 28.7 Å². The van der Waals surface area contributed by atoms with Crippen LogP contribution in [0.5, 0.6) is 0 Å². The van der Waals surface area contributed by atoms with E-state index in [1.165, 1.54) is 6.07 Å². The lowest BCUT2D eigenvalue weighted by molar-refractivity contribution is -0.115. The van der Waals surface area contributed by atoms with E-state index >= 15 is 0 Å². The fraction of sp³-hybridized carbons (Fsp3) is 0.211. The SMILES string of the molecule is NC=NC(=Nc1ccc(F)cc1F)c1cc(C2(C=O)CCC2)c2[nH][nH]c2c1. The third kappa shape index (κ3) is 2.83. The van der Waals surface area contributed by atoms with Crippen molar-refractivity contribution in [2.45, 2.75) is 24.7 Å². The fourth-order valence-corrected chi connectivity index (χ4v) is 3.40. The number of H-pyrrole nitrogens is 2. The van der Waals surface area contributed by atoms with E-state index in [-0.39, 0.29) is 11.5 Å². The number of aliphatic imine (C=N–C) groups is 2. The zero-order chi connectivity index (χ0) is 19.0. The van der Waals surface area contributed by atoms with Gasteiger partial charge in [-0.2, -0.15) is 0 Å². The first-order valence-electron chi connectivity index (χ1n) is 8.51. The summed E-state index contributed by atoms with van der Waals surface area (Å²) in [6.07, 6.45) is 4.57. The summed E-state index contributed by atoms with van der Waals surface area (Å²) in [5, 5.41) is 5.98. The number of nitrogens with zero attached hydrogens (tertiary/aromatic N) is 2. The maximum atomic E-state index is 14.0. The molecule has 3 aromatic rings. The highest BCUT2D eigenvalue weighted by molar-refractivity contribution is 6.06. The van der Waals surface area contributed by atoms with Gasteiger partial charge in [0.15, 0.2) is 11.7 Å². The smallest absolute Gasteiger partial charge is 0.161 e. The molecule has 1 aliphatic rings. The van der Waals surface area contributed by atoms with Gasteiger partial charge in [-0.25, -0.2) is 18.8 Å². The second-order valence-electron chi connectivity index (χ2n) is 6.63.